The van der Waals surface area contributed by atoms with Crippen LogP contribution in [0.1, 0.15) is 39.7 Å². The third kappa shape index (κ3) is 5.57. The summed E-state index contributed by atoms with van der Waals surface area (Å²) in [4.78, 5) is 0. The van der Waals surface area contributed by atoms with Crippen LogP contribution in [0.3, 0.4) is 0 Å². The molecule has 0 heterocycles. The van der Waals surface area contributed by atoms with Crippen LogP contribution in [0, 0.1) is 0 Å². The summed E-state index contributed by atoms with van der Waals surface area (Å²) in [6.45, 7) is 9.72. The Hall–Kier alpha value is -1.14. The van der Waals surface area contributed by atoms with E-state index in [9.17, 15) is 0 Å². The van der Waals surface area contributed by atoms with E-state index >= 15 is 0 Å². The fourth-order valence-corrected chi connectivity index (χ4v) is 4.93. The maximum Gasteiger partial charge on any atom is 0.501 e. The van der Waals surface area contributed by atoms with E-state index in [2.05, 4.69) is 19.1 Å². The molecule has 0 aliphatic carbocycles. The van der Waals surface area contributed by atoms with E-state index in [4.69, 9.17) is 19.0 Å². The minimum absolute atomic E-state index is 0.591. The molecule has 1 rings (SSSR count). The lowest BCUT2D eigenvalue weighted by Crippen LogP contribution is -2.46. The summed E-state index contributed by atoms with van der Waals surface area (Å²) >= 11 is 0. The van der Waals surface area contributed by atoms with Crippen LogP contribution < -0.4 is 5.73 Å². The molecule has 0 saturated heterocycles. The molecule has 4 nitrogen and oxygen atoms in total. The zero-order valence-corrected chi connectivity index (χ0v) is 15.2. The van der Waals surface area contributed by atoms with Crippen molar-refractivity contribution in [1.82, 2.24) is 0 Å². The molecule has 5 heteroatoms. The first-order chi connectivity index (χ1) is 10.6. The van der Waals surface area contributed by atoms with Crippen molar-refractivity contribution in [1.29, 1.82) is 0 Å². The van der Waals surface area contributed by atoms with Crippen molar-refractivity contribution in [3.63, 3.8) is 0 Å². The number of benzene rings is 1. The SMILES string of the molecule is CCO[Si](CCC(N)=C(C)c1ccccc1)(OCC)OCC. The number of hydrogen-bond acceptors (Lipinski definition) is 4. The second-order valence-electron chi connectivity index (χ2n) is 5.00. The summed E-state index contributed by atoms with van der Waals surface area (Å²) in [6.07, 6.45) is 0.715. The topological polar surface area (TPSA) is 53.7 Å². The third-order valence-electron chi connectivity index (χ3n) is 3.48. The van der Waals surface area contributed by atoms with Crippen molar-refractivity contribution in [2.45, 2.75) is 40.2 Å². The predicted molar refractivity (Wildman–Crippen MR) is 93.3 cm³/mol. The Kier molecular flexibility index (Phi) is 8.41. The molecule has 0 radical (unpaired) electrons. The average Bonchev–Trinajstić information content (AvgIpc) is 2.53. The van der Waals surface area contributed by atoms with Gasteiger partial charge in [-0.15, -0.1) is 0 Å². The first-order valence-corrected chi connectivity index (χ1v) is 9.94. The number of hydrogen-bond donors (Lipinski definition) is 1. The summed E-state index contributed by atoms with van der Waals surface area (Å²) < 4.78 is 17.6. The van der Waals surface area contributed by atoms with Crippen LogP contribution in [0.2, 0.25) is 6.04 Å². The van der Waals surface area contributed by atoms with Crippen molar-refractivity contribution in [3.8, 4) is 0 Å². The van der Waals surface area contributed by atoms with Gasteiger partial charge in [-0.05, 0) is 45.3 Å². The highest BCUT2D eigenvalue weighted by molar-refractivity contribution is 6.60. The molecule has 124 valence electrons. The Morgan fingerprint density at radius 2 is 1.45 bits per heavy atom. The minimum Gasteiger partial charge on any atom is -0.402 e. The number of nitrogens with two attached hydrogens (primary N) is 1. The van der Waals surface area contributed by atoms with Gasteiger partial charge in [0, 0.05) is 31.6 Å². The maximum atomic E-state index is 6.28. The lowest BCUT2D eigenvalue weighted by atomic mass is 10.0. The van der Waals surface area contributed by atoms with Crippen molar-refractivity contribution in [3.05, 3.63) is 41.6 Å². The van der Waals surface area contributed by atoms with Gasteiger partial charge in [-0.25, -0.2) is 0 Å². The van der Waals surface area contributed by atoms with Gasteiger partial charge in [-0.3, -0.25) is 0 Å². The largest absolute Gasteiger partial charge is 0.501 e. The van der Waals surface area contributed by atoms with Crippen molar-refractivity contribution < 1.29 is 13.3 Å². The first kappa shape index (κ1) is 18.9. The molecule has 1 aromatic carbocycles. The van der Waals surface area contributed by atoms with Crippen LogP contribution >= 0.6 is 0 Å². The second kappa shape index (κ2) is 9.79. The van der Waals surface area contributed by atoms with Crippen LogP contribution in [0.5, 0.6) is 0 Å². The van der Waals surface area contributed by atoms with E-state index in [0.717, 1.165) is 16.8 Å². The van der Waals surface area contributed by atoms with Gasteiger partial charge < -0.3 is 19.0 Å². The van der Waals surface area contributed by atoms with Gasteiger partial charge >= 0.3 is 8.80 Å². The molecule has 2 N–H and O–H groups in total. The van der Waals surface area contributed by atoms with E-state index in [1.165, 1.54) is 0 Å². The van der Waals surface area contributed by atoms with Gasteiger partial charge in [0.1, 0.15) is 0 Å². The second-order valence-corrected chi connectivity index (χ2v) is 7.73. The lowest BCUT2D eigenvalue weighted by molar-refractivity contribution is 0.0714. The zero-order chi connectivity index (χ0) is 16.4. The van der Waals surface area contributed by atoms with Crippen LogP contribution in [0.4, 0.5) is 0 Å². The van der Waals surface area contributed by atoms with Gasteiger partial charge in [-0.2, -0.15) is 0 Å². The summed E-state index contributed by atoms with van der Waals surface area (Å²) in [6, 6.07) is 10.9. The summed E-state index contributed by atoms with van der Waals surface area (Å²) in [5, 5.41) is 0. The van der Waals surface area contributed by atoms with E-state index in [-0.39, 0.29) is 0 Å². The summed E-state index contributed by atoms with van der Waals surface area (Å²) in [5.41, 5.74) is 9.40. The number of rotatable bonds is 10. The zero-order valence-electron chi connectivity index (χ0n) is 14.2. The van der Waals surface area contributed by atoms with Gasteiger partial charge in [0.2, 0.25) is 0 Å². The Labute approximate surface area is 135 Å². The maximum absolute atomic E-state index is 6.28. The Balaban J connectivity index is 2.82. The Bertz CT molecular complexity index is 445. The molecule has 0 fully saturated rings. The minimum atomic E-state index is -2.62. The molecular formula is C17H29NO3Si. The standard InChI is InChI=1S/C17H29NO3Si/c1-5-19-22(20-6-2,21-7-3)14-13-17(18)15(4)16-11-9-8-10-12-16/h8-12H,5-7,13-14,18H2,1-4H3. The van der Waals surface area contributed by atoms with Crippen LogP contribution in [0.15, 0.2) is 36.0 Å². The summed E-state index contributed by atoms with van der Waals surface area (Å²) in [5.74, 6) is 0. The average molecular weight is 324 g/mol. The van der Waals surface area contributed by atoms with Gasteiger partial charge in [-0.1, -0.05) is 30.3 Å². The van der Waals surface area contributed by atoms with Gasteiger partial charge in [0.15, 0.2) is 0 Å². The quantitative estimate of drug-likeness (QED) is 0.665. The van der Waals surface area contributed by atoms with Crippen LogP contribution in [0.25, 0.3) is 5.57 Å². The summed E-state index contributed by atoms with van der Waals surface area (Å²) in [7, 11) is -2.62. The van der Waals surface area contributed by atoms with E-state index in [0.29, 0.717) is 32.3 Å². The predicted octanol–water partition coefficient (Wildman–Crippen LogP) is 3.81. The Morgan fingerprint density at radius 1 is 0.955 bits per heavy atom. The fraction of sp³-hybridized carbons (Fsp3) is 0.529. The van der Waals surface area contributed by atoms with Crippen molar-refractivity contribution >= 4 is 14.4 Å². The Morgan fingerprint density at radius 3 is 1.91 bits per heavy atom. The molecule has 0 atom stereocenters. The molecule has 0 aliphatic rings. The molecule has 0 amide bonds. The molecule has 0 unspecified atom stereocenters. The molecule has 22 heavy (non-hydrogen) atoms. The highest BCUT2D eigenvalue weighted by Gasteiger charge is 2.40. The monoisotopic (exact) mass is 323 g/mol. The molecule has 0 aliphatic heterocycles. The van der Waals surface area contributed by atoms with E-state index < -0.39 is 8.80 Å². The first-order valence-electron chi connectivity index (χ1n) is 8.01. The molecule has 0 spiro atoms. The molecule has 1 aromatic rings. The van der Waals surface area contributed by atoms with E-state index in [1.54, 1.807) is 0 Å². The highest BCUT2D eigenvalue weighted by Crippen LogP contribution is 2.23. The van der Waals surface area contributed by atoms with Crippen molar-refractivity contribution in [2.24, 2.45) is 5.73 Å². The van der Waals surface area contributed by atoms with Crippen molar-refractivity contribution in [2.75, 3.05) is 19.8 Å². The van der Waals surface area contributed by atoms with Crippen LogP contribution in [-0.4, -0.2) is 28.6 Å². The normalized spacial score (nSPS) is 13.1. The number of allylic oxidation sites excluding steroid dienone is 2. The van der Waals surface area contributed by atoms with Crippen LogP contribution in [-0.2, 0) is 13.3 Å². The fourth-order valence-electron chi connectivity index (χ4n) is 2.35. The van der Waals surface area contributed by atoms with E-state index in [1.807, 2.05) is 39.0 Å². The van der Waals surface area contributed by atoms with Gasteiger partial charge in [0.05, 0.1) is 0 Å². The highest BCUT2D eigenvalue weighted by atomic mass is 28.4. The smallest absolute Gasteiger partial charge is 0.402 e. The molecular weight excluding hydrogens is 294 g/mol. The van der Waals surface area contributed by atoms with Gasteiger partial charge in [0.25, 0.3) is 0 Å². The molecule has 0 aromatic heterocycles. The lowest BCUT2D eigenvalue weighted by Gasteiger charge is -2.28. The third-order valence-corrected chi connectivity index (χ3v) is 6.53. The molecule has 0 saturated carbocycles. The molecule has 0 bridgehead atoms.